The van der Waals surface area contributed by atoms with Gasteiger partial charge in [-0.1, -0.05) is 48.5 Å². The van der Waals surface area contributed by atoms with E-state index in [0.717, 1.165) is 29.3 Å². The number of methoxy groups -OCH3 is 1. The zero-order valence-corrected chi connectivity index (χ0v) is 13.7. The van der Waals surface area contributed by atoms with Crippen molar-refractivity contribution in [1.82, 2.24) is 0 Å². The third kappa shape index (κ3) is 4.53. The number of anilines is 1. The summed E-state index contributed by atoms with van der Waals surface area (Å²) in [5.74, 6) is 1.73. The second-order valence-electron chi connectivity index (χ2n) is 5.51. The lowest BCUT2D eigenvalue weighted by atomic mass is 10.2. The predicted molar refractivity (Wildman–Crippen MR) is 97.5 cm³/mol. The molecular weight excluding hydrogens is 298 g/mol. The first-order valence-corrected chi connectivity index (χ1v) is 7.97. The Morgan fingerprint density at radius 2 is 1.50 bits per heavy atom. The molecule has 0 heterocycles. The topological polar surface area (TPSA) is 30.5 Å². The smallest absolute Gasteiger partial charge is 0.120 e. The van der Waals surface area contributed by atoms with E-state index in [9.17, 15) is 0 Å². The zero-order chi connectivity index (χ0) is 16.6. The van der Waals surface area contributed by atoms with Gasteiger partial charge in [0.2, 0.25) is 0 Å². The average molecular weight is 319 g/mol. The van der Waals surface area contributed by atoms with Crippen LogP contribution in [-0.2, 0) is 13.2 Å². The van der Waals surface area contributed by atoms with E-state index in [-0.39, 0.29) is 0 Å². The predicted octanol–water partition coefficient (Wildman–Crippen LogP) is 4.89. The summed E-state index contributed by atoms with van der Waals surface area (Å²) >= 11 is 0. The lowest BCUT2D eigenvalue weighted by Crippen LogP contribution is -2.00. The van der Waals surface area contributed by atoms with Crippen molar-refractivity contribution in [2.24, 2.45) is 0 Å². The molecule has 3 heteroatoms. The molecule has 0 aliphatic heterocycles. The van der Waals surface area contributed by atoms with Gasteiger partial charge in [-0.2, -0.15) is 0 Å². The Balaban J connectivity index is 1.58. The molecule has 0 fully saturated rings. The first kappa shape index (κ1) is 15.9. The molecule has 3 rings (SSSR count). The molecular formula is C21H21NO2. The standard InChI is InChI=1S/C21H21NO2/c1-23-20-11-6-10-19(14-20)22-15-18-9-5-12-21(13-18)24-16-17-7-3-2-4-8-17/h2-14,22H,15-16H2,1H3. The van der Waals surface area contributed by atoms with Crippen molar-refractivity contribution in [2.75, 3.05) is 12.4 Å². The summed E-state index contributed by atoms with van der Waals surface area (Å²) < 4.78 is 11.1. The van der Waals surface area contributed by atoms with Crippen molar-refractivity contribution in [3.63, 3.8) is 0 Å². The molecule has 0 spiro atoms. The second kappa shape index (κ2) is 8.06. The summed E-state index contributed by atoms with van der Waals surface area (Å²) in [6, 6.07) is 26.2. The van der Waals surface area contributed by atoms with Gasteiger partial charge in [-0.15, -0.1) is 0 Å². The van der Waals surface area contributed by atoms with E-state index in [1.807, 2.05) is 54.6 Å². The van der Waals surface area contributed by atoms with Gasteiger partial charge in [0.15, 0.2) is 0 Å². The number of hydrogen-bond acceptors (Lipinski definition) is 3. The van der Waals surface area contributed by atoms with E-state index in [4.69, 9.17) is 9.47 Å². The molecule has 0 aromatic heterocycles. The number of benzene rings is 3. The van der Waals surface area contributed by atoms with Crippen LogP contribution in [-0.4, -0.2) is 7.11 Å². The van der Waals surface area contributed by atoms with Gasteiger partial charge in [0.25, 0.3) is 0 Å². The number of hydrogen-bond donors (Lipinski definition) is 1. The van der Waals surface area contributed by atoms with Crippen LogP contribution in [0.5, 0.6) is 11.5 Å². The molecule has 0 radical (unpaired) electrons. The van der Waals surface area contributed by atoms with Gasteiger partial charge < -0.3 is 14.8 Å². The molecule has 0 saturated carbocycles. The molecule has 0 saturated heterocycles. The Bertz CT molecular complexity index is 772. The molecule has 3 aromatic carbocycles. The lowest BCUT2D eigenvalue weighted by Gasteiger charge is -2.10. The van der Waals surface area contributed by atoms with E-state index < -0.39 is 0 Å². The molecule has 0 amide bonds. The van der Waals surface area contributed by atoms with E-state index in [1.165, 1.54) is 5.56 Å². The fourth-order valence-corrected chi connectivity index (χ4v) is 2.42. The maximum atomic E-state index is 5.87. The van der Waals surface area contributed by atoms with Gasteiger partial charge in [0.05, 0.1) is 7.11 Å². The monoisotopic (exact) mass is 319 g/mol. The van der Waals surface area contributed by atoms with E-state index in [2.05, 4.69) is 29.6 Å². The zero-order valence-electron chi connectivity index (χ0n) is 13.7. The molecule has 3 aromatic rings. The van der Waals surface area contributed by atoms with Gasteiger partial charge >= 0.3 is 0 Å². The minimum Gasteiger partial charge on any atom is -0.497 e. The molecule has 1 N–H and O–H groups in total. The minimum atomic E-state index is 0.577. The molecule has 24 heavy (non-hydrogen) atoms. The van der Waals surface area contributed by atoms with Crippen LogP contribution < -0.4 is 14.8 Å². The molecule has 3 nitrogen and oxygen atoms in total. The number of nitrogens with one attached hydrogen (secondary N) is 1. The normalized spacial score (nSPS) is 10.2. The van der Waals surface area contributed by atoms with Crippen molar-refractivity contribution >= 4 is 5.69 Å². The third-order valence-corrected chi connectivity index (χ3v) is 3.71. The van der Waals surface area contributed by atoms with Crippen LogP contribution in [0.4, 0.5) is 5.69 Å². The van der Waals surface area contributed by atoms with Crippen LogP contribution >= 0.6 is 0 Å². The van der Waals surface area contributed by atoms with Crippen molar-refractivity contribution in [3.8, 4) is 11.5 Å². The quantitative estimate of drug-likeness (QED) is 0.673. The van der Waals surface area contributed by atoms with Crippen LogP contribution in [0.1, 0.15) is 11.1 Å². The summed E-state index contributed by atoms with van der Waals surface area (Å²) in [6.07, 6.45) is 0. The SMILES string of the molecule is COc1cccc(NCc2cccc(OCc3ccccc3)c2)c1. The Hall–Kier alpha value is -2.94. The molecule has 0 bridgehead atoms. The van der Waals surface area contributed by atoms with Crippen LogP contribution in [0.3, 0.4) is 0 Å². The second-order valence-corrected chi connectivity index (χ2v) is 5.51. The summed E-state index contributed by atoms with van der Waals surface area (Å²) in [7, 11) is 1.67. The van der Waals surface area contributed by atoms with E-state index >= 15 is 0 Å². The van der Waals surface area contributed by atoms with Gasteiger partial charge in [0, 0.05) is 18.3 Å². The molecule has 122 valence electrons. The van der Waals surface area contributed by atoms with Crippen molar-refractivity contribution in [3.05, 3.63) is 90.0 Å². The van der Waals surface area contributed by atoms with Crippen molar-refractivity contribution in [1.29, 1.82) is 0 Å². The minimum absolute atomic E-state index is 0.577. The maximum Gasteiger partial charge on any atom is 0.120 e. The van der Waals surface area contributed by atoms with Crippen LogP contribution in [0.15, 0.2) is 78.9 Å². The van der Waals surface area contributed by atoms with Crippen molar-refractivity contribution in [2.45, 2.75) is 13.2 Å². The van der Waals surface area contributed by atoms with Crippen LogP contribution in [0.2, 0.25) is 0 Å². The van der Waals surface area contributed by atoms with Gasteiger partial charge in [-0.25, -0.2) is 0 Å². The van der Waals surface area contributed by atoms with Crippen LogP contribution in [0, 0.1) is 0 Å². The first-order valence-electron chi connectivity index (χ1n) is 7.97. The summed E-state index contributed by atoms with van der Waals surface area (Å²) in [6.45, 7) is 1.31. The first-order chi connectivity index (χ1) is 11.8. The summed E-state index contributed by atoms with van der Waals surface area (Å²) in [5.41, 5.74) is 3.37. The number of ether oxygens (including phenoxy) is 2. The Labute approximate surface area is 142 Å². The Morgan fingerprint density at radius 3 is 2.33 bits per heavy atom. The highest BCUT2D eigenvalue weighted by Crippen LogP contribution is 2.19. The van der Waals surface area contributed by atoms with Crippen molar-refractivity contribution < 1.29 is 9.47 Å². The average Bonchev–Trinajstić information content (AvgIpc) is 2.66. The number of rotatable bonds is 7. The van der Waals surface area contributed by atoms with Gasteiger partial charge in [-0.3, -0.25) is 0 Å². The maximum absolute atomic E-state index is 5.87. The Kier molecular flexibility index (Phi) is 5.36. The lowest BCUT2D eigenvalue weighted by molar-refractivity contribution is 0.306. The Morgan fingerprint density at radius 1 is 0.750 bits per heavy atom. The highest BCUT2D eigenvalue weighted by Gasteiger charge is 2.00. The molecule has 0 unspecified atom stereocenters. The van der Waals surface area contributed by atoms with Crippen LogP contribution in [0.25, 0.3) is 0 Å². The highest BCUT2D eigenvalue weighted by molar-refractivity contribution is 5.48. The van der Waals surface area contributed by atoms with Gasteiger partial charge in [-0.05, 0) is 35.4 Å². The fourth-order valence-electron chi connectivity index (χ4n) is 2.42. The highest BCUT2D eigenvalue weighted by atomic mass is 16.5. The fraction of sp³-hybridized carbons (Fsp3) is 0.143. The summed E-state index contributed by atoms with van der Waals surface area (Å²) in [5, 5.41) is 3.40. The summed E-state index contributed by atoms with van der Waals surface area (Å²) in [4.78, 5) is 0. The van der Waals surface area contributed by atoms with E-state index in [1.54, 1.807) is 7.11 Å². The molecule has 0 atom stereocenters. The molecule has 0 aliphatic rings. The largest absolute Gasteiger partial charge is 0.497 e. The molecule has 0 aliphatic carbocycles. The van der Waals surface area contributed by atoms with Gasteiger partial charge in [0.1, 0.15) is 18.1 Å². The third-order valence-electron chi connectivity index (χ3n) is 3.71. The van der Waals surface area contributed by atoms with E-state index in [0.29, 0.717) is 6.61 Å².